The molecule has 2 heterocycles. The maximum atomic E-state index is 6.07. The third kappa shape index (κ3) is 2.15. The van der Waals surface area contributed by atoms with E-state index in [1.165, 1.54) is 6.33 Å². The van der Waals surface area contributed by atoms with Crippen molar-refractivity contribution in [2.75, 3.05) is 5.73 Å². The molecule has 0 fully saturated rings. The first kappa shape index (κ1) is 11.7. The summed E-state index contributed by atoms with van der Waals surface area (Å²) < 4.78 is 1.59. The lowest BCUT2D eigenvalue weighted by Crippen LogP contribution is -2.02. The molecule has 19 heavy (non-hydrogen) atoms. The van der Waals surface area contributed by atoms with E-state index in [0.717, 1.165) is 11.1 Å². The van der Waals surface area contributed by atoms with Gasteiger partial charge in [-0.1, -0.05) is 41.9 Å². The van der Waals surface area contributed by atoms with Gasteiger partial charge in [-0.2, -0.15) is 5.10 Å². The van der Waals surface area contributed by atoms with E-state index >= 15 is 0 Å². The molecule has 0 aliphatic rings. The number of nitrogens with two attached hydrogens (primary N) is 1. The van der Waals surface area contributed by atoms with Crippen molar-refractivity contribution < 1.29 is 0 Å². The van der Waals surface area contributed by atoms with Crippen LogP contribution in [0, 0.1) is 0 Å². The summed E-state index contributed by atoms with van der Waals surface area (Å²) in [6, 6.07) is 9.94. The van der Waals surface area contributed by atoms with Crippen LogP contribution in [0.15, 0.2) is 49.1 Å². The molecule has 6 heteroatoms. The Morgan fingerprint density at radius 2 is 1.84 bits per heavy atom. The Bertz CT molecular complexity index is 708. The van der Waals surface area contributed by atoms with Crippen molar-refractivity contribution in [3.05, 3.63) is 54.1 Å². The summed E-state index contributed by atoms with van der Waals surface area (Å²) in [5, 5.41) is 4.55. The Balaban J connectivity index is 2.05. The Morgan fingerprint density at radius 3 is 2.63 bits per heavy atom. The van der Waals surface area contributed by atoms with E-state index in [9.17, 15) is 0 Å². The van der Waals surface area contributed by atoms with E-state index in [-0.39, 0.29) is 5.82 Å². The van der Waals surface area contributed by atoms with Gasteiger partial charge in [0.05, 0.1) is 6.20 Å². The first-order valence-electron chi connectivity index (χ1n) is 5.62. The van der Waals surface area contributed by atoms with Gasteiger partial charge >= 0.3 is 0 Å². The first-order valence-corrected chi connectivity index (χ1v) is 6.00. The highest BCUT2D eigenvalue weighted by molar-refractivity contribution is 6.34. The number of halogens is 1. The monoisotopic (exact) mass is 271 g/mol. The summed E-state index contributed by atoms with van der Waals surface area (Å²) in [5.74, 6) is 0.708. The fraction of sp³-hybridized carbons (Fsp3) is 0. The predicted molar refractivity (Wildman–Crippen MR) is 74.0 cm³/mol. The number of nitrogens with zero attached hydrogens (tertiary/aromatic N) is 4. The largest absolute Gasteiger partial charge is 0.382 e. The zero-order chi connectivity index (χ0) is 13.2. The van der Waals surface area contributed by atoms with E-state index in [4.69, 9.17) is 17.3 Å². The maximum absolute atomic E-state index is 6.07. The third-order valence-electron chi connectivity index (χ3n) is 2.70. The van der Waals surface area contributed by atoms with Gasteiger partial charge in [-0.15, -0.1) is 0 Å². The van der Waals surface area contributed by atoms with Crippen molar-refractivity contribution in [2.45, 2.75) is 0 Å². The molecule has 0 saturated carbocycles. The summed E-state index contributed by atoms with van der Waals surface area (Å²) >= 11 is 6.07. The number of benzene rings is 1. The maximum Gasteiger partial charge on any atom is 0.177 e. The molecule has 2 N–H and O–H groups in total. The van der Waals surface area contributed by atoms with Crippen LogP contribution in [0.1, 0.15) is 0 Å². The fourth-order valence-electron chi connectivity index (χ4n) is 1.75. The Morgan fingerprint density at radius 1 is 1.05 bits per heavy atom. The number of hydrogen-bond donors (Lipinski definition) is 1. The molecule has 0 atom stereocenters. The number of rotatable bonds is 2. The van der Waals surface area contributed by atoms with Gasteiger partial charge in [-0.3, -0.25) is 0 Å². The van der Waals surface area contributed by atoms with Gasteiger partial charge < -0.3 is 5.73 Å². The summed E-state index contributed by atoms with van der Waals surface area (Å²) in [6.07, 6.45) is 4.97. The van der Waals surface area contributed by atoms with Gasteiger partial charge in [-0.25, -0.2) is 14.6 Å². The molecule has 1 aromatic carbocycles. The highest BCUT2D eigenvalue weighted by atomic mass is 35.5. The van der Waals surface area contributed by atoms with E-state index in [0.29, 0.717) is 10.8 Å². The zero-order valence-corrected chi connectivity index (χ0v) is 10.6. The second-order valence-electron chi connectivity index (χ2n) is 3.94. The van der Waals surface area contributed by atoms with E-state index in [1.807, 2.05) is 36.5 Å². The van der Waals surface area contributed by atoms with Crippen molar-refractivity contribution in [1.29, 1.82) is 0 Å². The molecule has 0 aliphatic heterocycles. The molecule has 0 spiro atoms. The van der Waals surface area contributed by atoms with Crippen molar-refractivity contribution >= 4 is 17.4 Å². The van der Waals surface area contributed by atoms with Crippen molar-refractivity contribution in [2.24, 2.45) is 0 Å². The van der Waals surface area contributed by atoms with Gasteiger partial charge in [0.25, 0.3) is 0 Å². The van der Waals surface area contributed by atoms with Gasteiger partial charge in [0.15, 0.2) is 5.82 Å². The quantitative estimate of drug-likeness (QED) is 0.778. The average Bonchev–Trinajstić information content (AvgIpc) is 2.92. The number of hydrogen-bond acceptors (Lipinski definition) is 4. The minimum atomic E-state index is 0.239. The molecule has 2 aromatic heterocycles. The number of anilines is 1. The van der Waals surface area contributed by atoms with Gasteiger partial charge in [0.2, 0.25) is 0 Å². The standard InChI is InChI=1S/C13H10ClN5/c14-11-12(15)16-8-17-13(11)19-7-10(6-18-19)9-4-2-1-3-5-9/h1-8H,(H2,15,16,17). The minimum absolute atomic E-state index is 0.239. The molecule has 0 radical (unpaired) electrons. The predicted octanol–water partition coefficient (Wildman–Crippen LogP) is 2.56. The lowest BCUT2D eigenvalue weighted by molar-refractivity contribution is 0.841. The lowest BCUT2D eigenvalue weighted by atomic mass is 10.1. The van der Waals surface area contributed by atoms with Crippen LogP contribution >= 0.6 is 11.6 Å². The van der Waals surface area contributed by atoms with Crippen LogP contribution in [0.3, 0.4) is 0 Å². The van der Waals surface area contributed by atoms with Crippen molar-refractivity contribution in [3.8, 4) is 16.9 Å². The summed E-state index contributed by atoms with van der Waals surface area (Å²) in [7, 11) is 0. The molecule has 0 amide bonds. The SMILES string of the molecule is Nc1ncnc(-n2cc(-c3ccccc3)cn2)c1Cl. The molecule has 94 valence electrons. The van der Waals surface area contributed by atoms with Gasteiger partial charge in [-0.05, 0) is 5.56 Å². The van der Waals surface area contributed by atoms with E-state index in [1.54, 1.807) is 10.9 Å². The van der Waals surface area contributed by atoms with Crippen LogP contribution in [-0.4, -0.2) is 19.7 Å². The molecular weight excluding hydrogens is 262 g/mol. The number of aromatic nitrogens is 4. The van der Waals surface area contributed by atoms with Gasteiger partial charge in [0, 0.05) is 11.8 Å². The Hall–Kier alpha value is -2.40. The van der Waals surface area contributed by atoms with Crippen LogP contribution in [0.25, 0.3) is 16.9 Å². The molecule has 0 aliphatic carbocycles. The first-order chi connectivity index (χ1) is 9.25. The Labute approximate surface area is 114 Å². The average molecular weight is 272 g/mol. The lowest BCUT2D eigenvalue weighted by Gasteiger charge is -2.03. The summed E-state index contributed by atoms with van der Waals surface area (Å²) in [5.41, 5.74) is 7.71. The fourth-order valence-corrected chi connectivity index (χ4v) is 1.94. The summed E-state index contributed by atoms with van der Waals surface area (Å²) in [4.78, 5) is 7.92. The molecule has 3 rings (SSSR count). The number of nitrogen functional groups attached to an aromatic ring is 1. The highest BCUT2D eigenvalue weighted by Gasteiger charge is 2.10. The second kappa shape index (κ2) is 4.70. The van der Waals surface area contributed by atoms with Crippen LogP contribution in [0.5, 0.6) is 0 Å². The van der Waals surface area contributed by atoms with Crippen molar-refractivity contribution in [1.82, 2.24) is 19.7 Å². The van der Waals surface area contributed by atoms with Gasteiger partial charge in [0.1, 0.15) is 17.2 Å². The Kier molecular flexibility index (Phi) is 2.89. The molecule has 0 bridgehead atoms. The molecule has 0 unspecified atom stereocenters. The van der Waals surface area contributed by atoms with Crippen molar-refractivity contribution in [3.63, 3.8) is 0 Å². The van der Waals surface area contributed by atoms with Crippen LogP contribution in [0.2, 0.25) is 5.02 Å². The molecule has 5 nitrogen and oxygen atoms in total. The molecular formula is C13H10ClN5. The zero-order valence-electron chi connectivity index (χ0n) is 9.86. The third-order valence-corrected chi connectivity index (χ3v) is 3.07. The molecule has 0 saturated heterocycles. The highest BCUT2D eigenvalue weighted by Crippen LogP contribution is 2.24. The summed E-state index contributed by atoms with van der Waals surface area (Å²) in [6.45, 7) is 0. The van der Waals surface area contributed by atoms with Crippen LogP contribution in [-0.2, 0) is 0 Å². The van der Waals surface area contributed by atoms with E-state index in [2.05, 4.69) is 15.1 Å². The van der Waals surface area contributed by atoms with Crippen LogP contribution < -0.4 is 5.73 Å². The topological polar surface area (TPSA) is 69.6 Å². The normalized spacial score (nSPS) is 10.6. The molecule has 3 aromatic rings. The smallest absolute Gasteiger partial charge is 0.177 e. The van der Waals surface area contributed by atoms with Crippen LogP contribution in [0.4, 0.5) is 5.82 Å². The minimum Gasteiger partial charge on any atom is -0.382 e. The van der Waals surface area contributed by atoms with E-state index < -0.39 is 0 Å². The second-order valence-corrected chi connectivity index (χ2v) is 4.31.